The van der Waals surface area contributed by atoms with Gasteiger partial charge in [0.05, 0.1) is 7.11 Å². The maximum Gasteiger partial charge on any atom is 0.327 e. The summed E-state index contributed by atoms with van der Waals surface area (Å²) in [7, 11) is 1.26. The average molecular weight is 333 g/mol. The zero-order chi connectivity index (χ0) is 15.0. The van der Waals surface area contributed by atoms with Crippen molar-refractivity contribution in [1.82, 2.24) is 5.32 Å². The molecule has 0 radical (unpaired) electrons. The van der Waals surface area contributed by atoms with Crippen LogP contribution >= 0.6 is 24.0 Å². The monoisotopic (exact) mass is 332 g/mol. The Kier molecular flexibility index (Phi) is 9.16. The van der Waals surface area contributed by atoms with Crippen LogP contribution in [0, 0.1) is 0 Å². The topological polar surface area (TPSA) is 104 Å². The predicted octanol–water partition coefficient (Wildman–Crippen LogP) is 2.36. The van der Waals surface area contributed by atoms with Crippen molar-refractivity contribution < 1.29 is 14.3 Å². The molecule has 0 saturated heterocycles. The van der Waals surface area contributed by atoms with Gasteiger partial charge < -0.3 is 4.74 Å². The number of carbonyl (C=O) groups excluding carboxylic acids is 2. The second-order valence-corrected chi connectivity index (χ2v) is 4.17. The highest BCUT2D eigenvalue weighted by Crippen LogP contribution is 2.14. The molecule has 114 valence electrons. The van der Waals surface area contributed by atoms with Crippen LogP contribution in [0.5, 0.6) is 0 Å². The summed E-state index contributed by atoms with van der Waals surface area (Å²) >= 11 is 5.31. The summed E-state index contributed by atoms with van der Waals surface area (Å²) in [4.78, 5) is 25.3. The molecule has 0 spiro atoms. The van der Waals surface area contributed by atoms with Crippen molar-refractivity contribution in [2.75, 3.05) is 13.7 Å². The zero-order valence-corrected chi connectivity index (χ0v) is 12.7. The van der Waals surface area contributed by atoms with E-state index in [0.717, 1.165) is 0 Å². The molecule has 0 bridgehead atoms. The van der Waals surface area contributed by atoms with Crippen LogP contribution in [-0.4, -0.2) is 30.9 Å². The number of carbonyl (C=O) groups is 2. The van der Waals surface area contributed by atoms with Crippen molar-refractivity contribution in [2.45, 2.75) is 12.1 Å². The number of benzene rings is 1. The summed E-state index contributed by atoms with van der Waals surface area (Å²) in [5.74, 6) is -0.516. The summed E-state index contributed by atoms with van der Waals surface area (Å²) in [6, 6.07) is 6.96. The lowest BCUT2D eigenvalue weighted by Crippen LogP contribution is -2.36. The fraction of sp³-hybridized carbons (Fsp3) is 0.333. The third kappa shape index (κ3) is 6.01. The Morgan fingerprint density at radius 1 is 1.43 bits per heavy atom. The average Bonchev–Trinajstić information content (AvgIpc) is 2.46. The number of methoxy groups -OCH3 is 1. The minimum Gasteiger partial charge on any atom is -0.468 e. The van der Waals surface area contributed by atoms with Gasteiger partial charge in [0.2, 0.25) is 5.24 Å². The van der Waals surface area contributed by atoms with Crippen molar-refractivity contribution in [3.05, 3.63) is 46.3 Å². The Labute approximate surface area is 132 Å². The molecule has 0 aliphatic rings. The fourth-order valence-electron chi connectivity index (χ4n) is 1.56. The number of hydrogen-bond donors (Lipinski definition) is 1. The summed E-state index contributed by atoms with van der Waals surface area (Å²) in [6.45, 7) is -0.0684. The van der Waals surface area contributed by atoms with E-state index in [2.05, 4.69) is 15.3 Å². The van der Waals surface area contributed by atoms with Crippen LogP contribution in [0.25, 0.3) is 10.4 Å². The molecule has 0 aliphatic heterocycles. The Bertz CT molecular complexity index is 518. The number of rotatable bonds is 7. The molecule has 1 rings (SSSR count). The van der Waals surface area contributed by atoms with Crippen molar-refractivity contribution in [1.29, 1.82) is 0 Å². The van der Waals surface area contributed by atoms with Gasteiger partial charge in [-0.05, 0) is 22.7 Å². The molecule has 9 heteroatoms. The van der Waals surface area contributed by atoms with Crippen LogP contribution in [0.1, 0.15) is 11.6 Å². The lowest BCUT2D eigenvalue weighted by molar-refractivity contribution is -0.143. The standard InChI is InChI=1S/C12H13ClN4O3.ClH/c1-20-12(19)10(8-5-3-2-4-6-8)15-7-9(11(13)18)16-17-14;/h2-6,9-10,15H,7H2,1H3;1H. The molecule has 21 heavy (non-hydrogen) atoms. The number of halogens is 2. The van der Waals surface area contributed by atoms with E-state index in [-0.39, 0.29) is 19.0 Å². The van der Waals surface area contributed by atoms with Gasteiger partial charge in [-0.2, -0.15) is 0 Å². The highest BCUT2D eigenvalue weighted by atomic mass is 35.5. The van der Waals surface area contributed by atoms with Crippen LogP contribution in [0.15, 0.2) is 35.4 Å². The highest BCUT2D eigenvalue weighted by Gasteiger charge is 2.23. The molecule has 2 unspecified atom stereocenters. The first-order valence-electron chi connectivity index (χ1n) is 5.69. The molecule has 7 nitrogen and oxygen atoms in total. The van der Waals surface area contributed by atoms with E-state index in [0.29, 0.717) is 5.56 Å². The summed E-state index contributed by atoms with van der Waals surface area (Å²) in [6.07, 6.45) is 0. The van der Waals surface area contributed by atoms with Gasteiger partial charge >= 0.3 is 5.97 Å². The molecule has 0 saturated carbocycles. The van der Waals surface area contributed by atoms with Gasteiger partial charge in [-0.25, -0.2) is 4.79 Å². The molecule has 2 atom stereocenters. The minimum absolute atomic E-state index is 0. The van der Waals surface area contributed by atoms with Gasteiger partial charge in [0, 0.05) is 11.5 Å². The Morgan fingerprint density at radius 3 is 2.52 bits per heavy atom. The fourth-order valence-corrected chi connectivity index (χ4v) is 1.68. The maximum absolute atomic E-state index is 11.7. The third-order valence-electron chi connectivity index (χ3n) is 2.54. The second kappa shape index (κ2) is 10.0. The molecular formula is C12H14Cl2N4O3. The minimum atomic E-state index is -1.09. The molecule has 0 amide bonds. The first kappa shape index (κ1) is 19.2. The van der Waals surface area contributed by atoms with Crippen molar-refractivity contribution >= 4 is 35.2 Å². The number of hydrogen-bond acceptors (Lipinski definition) is 5. The Morgan fingerprint density at radius 2 is 2.05 bits per heavy atom. The van der Waals surface area contributed by atoms with Gasteiger partial charge in [0.25, 0.3) is 0 Å². The Balaban J connectivity index is 0.00000400. The van der Waals surface area contributed by atoms with Crippen LogP contribution in [0.2, 0.25) is 0 Å². The van der Waals surface area contributed by atoms with E-state index < -0.39 is 23.3 Å². The normalized spacial score (nSPS) is 12.3. The Hall–Kier alpha value is -1.79. The van der Waals surface area contributed by atoms with Gasteiger partial charge in [0.15, 0.2) is 0 Å². The second-order valence-electron chi connectivity index (χ2n) is 3.80. The predicted molar refractivity (Wildman–Crippen MR) is 80.2 cm³/mol. The lowest BCUT2D eigenvalue weighted by atomic mass is 10.1. The number of esters is 1. The number of nitrogens with zero attached hydrogens (tertiary/aromatic N) is 3. The van der Waals surface area contributed by atoms with E-state index in [9.17, 15) is 9.59 Å². The highest BCUT2D eigenvalue weighted by molar-refractivity contribution is 6.64. The first-order chi connectivity index (χ1) is 9.60. The molecule has 1 N–H and O–H groups in total. The third-order valence-corrected chi connectivity index (χ3v) is 2.79. The van der Waals surface area contributed by atoms with Crippen LogP contribution in [0.3, 0.4) is 0 Å². The van der Waals surface area contributed by atoms with Crippen LogP contribution < -0.4 is 5.32 Å². The molecular weight excluding hydrogens is 319 g/mol. The van der Waals surface area contributed by atoms with Crippen LogP contribution in [-0.2, 0) is 14.3 Å². The van der Waals surface area contributed by atoms with Crippen LogP contribution in [0.4, 0.5) is 0 Å². The van der Waals surface area contributed by atoms with Gasteiger partial charge in [-0.1, -0.05) is 35.4 Å². The van der Waals surface area contributed by atoms with E-state index in [1.54, 1.807) is 24.3 Å². The summed E-state index contributed by atoms with van der Waals surface area (Å²) < 4.78 is 4.70. The lowest BCUT2D eigenvalue weighted by Gasteiger charge is -2.18. The van der Waals surface area contributed by atoms with Gasteiger partial charge in [0.1, 0.15) is 12.1 Å². The van der Waals surface area contributed by atoms with E-state index in [1.165, 1.54) is 7.11 Å². The number of azide groups is 1. The number of ether oxygens (including phenoxy) is 1. The first-order valence-corrected chi connectivity index (χ1v) is 6.07. The van der Waals surface area contributed by atoms with Crippen molar-refractivity contribution in [3.8, 4) is 0 Å². The quantitative estimate of drug-likeness (QED) is 0.272. The van der Waals surface area contributed by atoms with E-state index in [4.69, 9.17) is 21.9 Å². The smallest absolute Gasteiger partial charge is 0.327 e. The molecule has 1 aromatic rings. The summed E-state index contributed by atoms with van der Waals surface area (Å²) in [5, 5.41) is 5.27. The largest absolute Gasteiger partial charge is 0.468 e. The molecule has 0 heterocycles. The summed E-state index contributed by atoms with van der Waals surface area (Å²) in [5.41, 5.74) is 9.02. The van der Waals surface area contributed by atoms with Gasteiger partial charge in [-0.15, -0.1) is 12.4 Å². The number of nitrogens with one attached hydrogen (secondary N) is 1. The van der Waals surface area contributed by atoms with E-state index in [1.807, 2.05) is 6.07 Å². The zero-order valence-electron chi connectivity index (χ0n) is 11.1. The van der Waals surface area contributed by atoms with Crippen molar-refractivity contribution in [3.63, 3.8) is 0 Å². The molecule has 0 aliphatic carbocycles. The molecule has 0 fully saturated rings. The SMILES string of the molecule is COC(=O)C(NCC(N=[N+]=[N-])C(=O)Cl)c1ccccc1.Cl. The molecule has 1 aromatic carbocycles. The maximum atomic E-state index is 11.7. The van der Waals surface area contributed by atoms with Crippen molar-refractivity contribution in [2.24, 2.45) is 5.11 Å². The molecule has 0 aromatic heterocycles. The van der Waals surface area contributed by atoms with E-state index >= 15 is 0 Å². The van der Waals surface area contributed by atoms with Gasteiger partial charge in [-0.3, -0.25) is 10.1 Å².